The summed E-state index contributed by atoms with van der Waals surface area (Å²) in [5.41, 5.74) is -3.03. The van der Waals surface area contributed by atoms with E-state index in [4.69, 9.17) is 4.74 Å². The minimum atomic E-state index is -4.89. The van der Waals surface area contributed by atoms with Crippen LogP contribution in [0.25, 0.3) is 0 Å². The van der Waals surface area contributed by atoms with Crippen LogP contribution in [0.5, 0.6) is 0 Å². The molecular formula is C19H24F6N2O. The molecule has 1 aliphatic rings. The van der Waals surface area contributed by atoms with Crippen LogP contribution in [-0.2, 0) is 17.1 Å². The Balaban J connectivity index is 2.25. The highest BCUT2D eigenvalue weighted by atomic mass is 19.4. The van der Waals surface area contributed by atoms with E-state index < -0.39 is 29.8 Å². The zero-order valence-electron chi connectivity index (χ0n) is 15.5. The van der Waals surface area contributed by atoms with E-state index in [2.05, 4.69) is 11.9 Å². The third-order valence-corrected chi connectivity index (χ3v) is 4.57. The summed E-state index contributed by atoms with van der Waals surface area (Å²) in [4.78, 5) is 1.85. The number of alkyl halides is 6. The largest absolute Gasteiger partial charge is 0.416 e. The number of nitrogens with zero attached hydrogens (tertiary/aromatic N) is 1. The van der Waals surface area contributed by atoms with E-state index in [-0.39, 0.29) is 11.8 Å². The van der Waals surface area contributed by atoms with Gasteiger partial charge in [-0.25, -0.2) is 0 Å². The molecule has 1 atom stereocenters. The van der Waals surface area contributed by atoms with Crippen LogP contribution in [0, 0.1) is 5.92 Å². The van der Waals surface area contributed by atoms with Crippen molar-refractivity contribution in [2.45, 2.75) is 44.4 Å². The van der Waals surface area contributed by atoms with E-state index in [0.29, 0.717) is 37.6 Å². The summed E-state index contributed by atoms with van der Waals surface area (Å²) in [6, 6.07) is 1.43. The van der Waals surface area contributed by atoms with Crippen molar-refractivity contribution in [1.29, 1.82) is 0 Å². The van der Waals surface area contributed by atoms with Gasteiger partial charge in [-0.15, -0.1) is 6.58 Å². The Morgan fingerprint density at radius 1 is 1.11 bits per heavy atom. The van der Waals surface area contributed by atoms with Gasteiger partial charge in [0.05, 0.1) is 11.1 Å². The molecule has 0 heterocycles. The lowest BCUT2D eigenvalue weighted by Crippen LogP contribution is -2.43. The Kier molecular flexibility index (Phi) is 7.39. The number of ether oxygens (including phenoxy) is 1. The average molecular weight is 410 g/mol. The van der Waals surface area contributed by atoms with Crippen LogP contribution < -0.4 is 5.32 Å². The van der Waals surface area contributed by atoms with Gasteiger partial charge in [0.15, 0.2) is 6.35 Å². The molecule has 0 aliphatic heterocycles. The second-order valence-electron chi connectivity index (χ2n) is 6.87. The Hall–Kier alpha value is -1.74. The highest BCUT2D eigenvalue weighted by molar-refractivity contribution is 5.50. The first kappa shape index (κ1) is 22.5. The summed E-state index contributed by atoms with van der Waals surface area (Å²) in [7, 11) is 1.36. The SMILES string of the molecule is C=CCCN(CCC1CC1)C(Nc1cc(C(F)(F)F)cc(C(F)(F)F)c1)OC. The standard InChI is InChI=1S/C19H24F6N2O/c1-3-4-8-27(9-7-13-5-6-13)17(28-2)26-16-11-14(18(20,21)22)10-15(12-16)19(23,24)25/h3,10-13,17,26H,1,4-9H2,2H3. The van der Waals surface area contributed by atoms with Crippen LogP contribution in [0.1, 0.15) is 36.8 Å². The topological polar surface area (TPSA) is 24.5 Å². The summed E-state index contributed by atoms with van der Waals surface area (Å²) in [5, 5.41) is 2.68. The van der Waals surface area contributed by atoms with E-state index in [0.717, 1.165) is 19.3 Å². The fraction of sp³-hybridized carbons (Fsp3) is 0.579. The summed E-state index contributed by atoms with van der Waals surface area (Å²) >= 11 is 0. The van der Waals surface area contributed by atoms with E-state index >= 15 is 0 Å². The molecule has 1 aromatic rings. The third-order valence-electron chi connectivity index (χ3n) is 4.57. The number of halogens is 6. The normalized spacial score (nSPS) is 16.3. The molecule has 1 fully saturated rings. The van der Waals surface area contributed by atoms with Gasteiger partial charge in [0.25, 0.3) is 0 Å². The zero-order chi connectivity index (χ0) is 20.9. The fourth-order valence-corrected chi connectivity index (χ4v) is 2.84. The number of rotatable bonds is 10. The summed E-state index contributed by atoms with van der Waals surface area (Å²) in [6.07, 6.45) is -5.15. The van der Waals surface area contributed by atoms with Crippen LogP contribution in [-0.4, -0.2) is 31.5 Å². The molecule has 3 nitrogen and oxygen atoms in total. The number of methoxy groups -OCH3 is 1. The minimum absolute atomic E-state index is 0.107. The van der Waals surface area contributed by atoms with Gasteiger partial charge in [0.2, 0.25) is 0 Å². The fourth-order valence-electron chi connectivity index (χ4n) is 2.84. The van der Waals surface area contributed by atoms with Crippen LogP contribution in [0.4, 0.5) is 32.0 Å². The second kappa shape index (κ2) is 9.17. The first-order valence-electron chi connectivity index (χ1n) is 8.98. The molecule has 1 aromatic carbocycles. The molecular weight excluding hydrogens is 386 g/mol. The minimum Gasteiger partial charge on any atom is -0.348 e. The monoisotopic (exact) mass is 410 g/mol. The lowest BCUT2D eigenvalue weighted by molar-refractivity contribution is -0.143. The lowest BCUT2D eigenvalue weighted by Gasteiger charge is -2.32. The second-order valence-corrected chi connectivity index (χ2v) is 6.87. The molecule has 9 heteroatoms. The average Bonchev–Trinajstić information content (AvgIpc) is 3.43. The quantitative estimate of drug-likeness (QED) is 0.302. The van der Waals surface area contributed by atoms with Crippen molar-refractivity contribution in [2.24, 2.45) is 5.92 Å². The molecule has 158 valence electrons. The molecule has 0 saturated heterocycles. The zero-order valence-corrected chi connectivity index (χ0v) is 15.5. The van der Waals surface area contributed by atoms with Crippen molar-refractivity contribution in [1.82, 2.24) is 4.90 Å². The van der Waals surface area contributed by atoms with Crippen molar-refractivity contribution in [3.8, 4) is 0 Å². The molecule has 0 radical (unpaired) electrons. The molecule has 1 N–H and O–H groups in total. The number of hydrogen-bond acceptors (Lipinski definition) is 3. The van der Waals surface area contributed by atoms with E-state index in [9.17, 15) is 26.3 Å². The van der Waals surface area contributed by atoms with Crippen molar-refractivity contribution < 1.29 is 31.1 Å². The van der Waals surface area contributed by atoms with Gasteiger partial charge in [-0.1, -0.05) is 18.9 Å². The molecule has 1 aliphatic carbocycles. The van der Waals surface area contributed by atoms with Gasteiger partial charge in [-0.2, -0.15) is 26.3 Å². The number of anilines is 1. The molecule has 0 bridgehead atoms. The highest BCUT2D eigenvalue weighted by Crippen LogP contribution is 2.38. The predicted octanol–water partition coefficient (Wildman–Crippen LogP) is 5.74. The Bertz CT molecular complexity index is 623. The number of benzene rings is 1. The molecule has 1 unspecified atom stereocenters. The smallest absolute Gasteiger partial charge is 0.348 e. The Morgan fingerprint density at radius 3 is 2.11 bits per heavy atom. The maximum Gasteiger partial charge on any atom is 0.416 e. The molecule has 0 aromatic heterocycles. The first-order valence-corrected chi connectivity index (χ1v) is 8.98. The van der Waals surface area contributed by atoms with Gasteiger partial charge in [0, 0.05) is 25.9 Å². The van der Waals surface area contributed by atoms with Crippen molar-refractivity contribution in [2.75, 3.05) is 25.5 Å². The first-order chi connectivity index (χ1) is 13.0. The van der Waals surface area contributed by atoms with Crippen LogP contribution in [0.3, 0.4) is 0 Å². The van der Waals surface area contributed by atoms with Gasteiger partial charge in [-0.05, 0) is 37.0 Å². The molecule has 1 saturated carbocycles. The summed E-state index contributed by atoms with van der Waals surface area (Å²) in [6.45, 7) is 4.79. The maximum atomic E-state index is 13.0. The summed E-state index contributed by atoms with van der Waals surface area (Å²) in [5.74, 6) is 0.620. The molecule has 28 heavy (non-hydrogen) atoms. The van der Waals surface area contributed by atoms with E-state index in [1.54, 1.807) is 6.08 Å². The molecule has 2 rings (SSSR count). The highest BCUT2D eigenvalue weighted by Gasteiger charge is 2.37. The van der Waals surface area contributed by atoms with Crippen molar-refractivity contribution in [3.05, 3.63) is 42.0 Å². The van der Waals surface area contributed by atoms with Gasteiger partial charge in [0.1, 0.15) is 0 Å². The van der Waals surface area contributed by atoms with Crippen LogP contribution >= 0.6 is 0 Å². The predicted molar refractivity (Wildman–Crippen MR) is 94.6 cm³/mol. The van der Waals surface area contributed by atoms with E-state index in [1.165, 1.54) is 7.11 Å². The van der Waals surface area contributed by atoms with Crippen LogP contribution in [0.2, 0.25) is 0 Å². The van der Waals surface area contributed by atoms with Gasteiger partial charge in [-0.3, -0.25) is 4.90 Å². The molecule has 0 amide bonds. The van der Waals surface area contributed by atoms with Crippen LogP contribution in [0.15, 0.2) is 30.9 Å². The molecule has 0 spiro atoms. The maximum absolute atomic E-state index is 13.0. The Morgan fingerprint density at radius 2 is 1.68 bits per heavy atom. The summed E-state index contributed by atoms with van der Waals surface area (Å²) < 4.78 is 83.6. The number of hydrogen-bond donors (Lipinski definition) is 1. The van der Waals surface area contributed by atoms with Gasteiger partial charge < -0.3 is 10.1 Å². The number of nitrogens with one attached hydrogen (secondary N) is 1. The van der Waals surface area contributed by atoms with E-state index in [1.807, 2.05) is 4.90 Å². The van der Waals surface area contributed by atoms with Crippen molar-refractivity contribution >= 4 is 5.69 Å². The van der Waals surface area contributed by atoms with Gasteiger partial charge >= 0.3 is 12.4 Å². The lowest BCUT2D eigenvalue weighted by atomic mass is 10.1. The third kappa shape index (κ3) is 6.70. The van der Waals surface area contributed by atoms with Crippen molar-refractivity contribution in [3.63, 3.8) is 0 Å². The Labute approximate surface area is 160 Å².